The normalized spacial score (nSPS) is 10.6. The number of aromatic nitrogens is 4. The van der Waals surface area contributed by atoms with Crippen molar-refractivity contribution in [1.29, 1.82) is 0 Å². The van der Waals surface area contributed by atoms with Crippen LogP contribution in [0.15, 0.2) is 88.9 Å². The third kappa shape index (κ3) is 3.90. The molecule has 0 aliphatic carbocycles. The van der Waals surface area contributed by atoms with Crippen molar-refractivity contribution in [1.82, 2.24) is 20.2 Å². The van der Waals surface area contributed by atoms with Crippen LogP contribution < -0.4 is 0 Å². The fourth-order valence-corrected chi connectivity index (χ4v) is 3.59. The van der Waals surface area contributed by atoms with Gasteiger partial charge in [0.25, 0.3) is 5.69 Å². The number of para-hydroxylation sites is 1. The minimum Gasteiger partial charge on any atom is -0.289 e. The van der Waals surface area contributed by atoms with E-state index in [1.54, 1.807) is 42.5 Å². The monoisotopic (exact) mass is 403 g/mol. The lowest BCUT2D eigenvalue weighted by Crippen LogP contribution is -2.03. The maximum absolute atomic E-state index is 12.6. The van der Waals surface area contributed by atoms with Crippen LogP contribution in [0.25, 0.3) is 5.69 Å². The minimum atomic E-state index is -0.513. The Kier molecular flexibility index (Phi) is 5.12. The first-order valence-corrected chi connectivity index (χ1v) is 9.35. The van der Waals surface area contributed by atoms with Crippen LogP contribution in [-0.2, 0) is 0 Å². The number of carbonyl (C=O) groups is 1. The molecule has 142 valence electrons. The molecule has 1 aromatic heterocycles. The van der Waals surface area contributed by atoms with Gasteiger partial charge in [-0.3, -0.25) is 14.9 Å². The number of hydrogen-bond acceptors (Lipinski definition) is 7. The Hall–Kier alpha value is -3.85. The molecule has 0 saturated carbocycles. The first-order chi connectivity index (χ1) is 14.1. The van der Waals surface area contributed by atoms with E-state index in [0.29, 0.717) is 15.6 Å². The molecule has 29 heavy (non-hydrogen) atoms. The molecule has 0 N–H and O–H groups in total. The van der Waals surface area contributed by atoms with Gasteiger partial charge in [0.2, 0.25) is 5.16 Å². The van der Waals surface area contributed by atoms with E-state index >= 15 is 0 Å². The average Bonchev–Trinajstić information content (AvgIpc) is 3.23. The summed E-state index contributed by atoms with van der Waals surface area (Å²) < 4.78 is 1.50. The molecule has 4 rings (SSSR count). The molecular formula is C20H13N5O3S. The lowest BCUT2D eigenvalue weighted by Gasteiger charge is -2.06. The molecule has 9 heteroatoms. The van der Waals surface area contributed by atoms with E-state index in [9.17, 15) is 14.9 Å². The molecule has 0 amide bonds. The SMILES string of the molecule is O=C(c1ccccc1)c1ccc(Sc2nnnn2-c2ccccc2)c([N+](=O)[O-])c1. The molecule has 1 heterocycles. The van der Waals surface area contributed by atoms with Crippen molar-refractivity contribution in [2.45, 2.75) is 10.1 Å². The third-order valence-corrected chi connectivity index (χ3v) is 5.10. The summed E-state index contributed by atoms with van der Waals surface area (Å²) in [6.45, 7) is 0. The molecule has 0 aliphatic rings. The summed E-state index contributed by atoms with van der Waals surface area (Å²) in [5, 5.41) is 23.6. The number of ketones is 1. The van der Waals surface area contributed by atoms with Gasteiger partial charge in [-0.25, -0.2) is 0 Å². The number of hydrogen-bond donors (Lipinski definition) is 0. The van der Waals surface area contributed by atoms with Crippen molar-refractivity contribution >= 4 is 23.2 Å². The van der Waals surface area contributed by atoms with Gasteiger partial charge in [-0.15, -0.1) is 5.10 Å². The first kappa shape index (κ1) is 18.5. The van der Waals surface area contributed by atoms with E-state index in [1.165, 1.54) is 10.7 Å². The van der Waals surface area contributed by atoms with Gasteiger partial charge in [0.1, 0.15) is 0 Å². The van der Waals surface area contributed by atoms with Crippen LogP contribution in [0.2, 0.25) is 0 Å². The summed E-state index contributed by atoms with van der Waals surface area (Å²) in [6.07, 6.45) is 0. The number of nitrogens with zero attached hydrogens (tertiary/aromatic N) is 5. The van der Waals surface area contributed by atoms with Gasteiger partial charge in [-0.2, -0.15) is 4.68 Å². The summed E-state index contributed by atoms with van der Waals surface area (Å²) in [4.78, 5) is 24.1. The largest absolute Gasteiger partial charge is 0.289 e. The van der Waals surface area contributed by atoms with E-state index in [1.807, 2.05) is 30.3 Å². The van der Waals surface area contributed by atoms with Crippen molar-refractivity contribution in [3.05, 3.63) is 100 Å². The Labute approximate surface area is 169 Å². The number of carbonyl (C=O) groups excluding carboxylic acids is 1. The van der Waals surface area contributed by atoms with Gasteiger partial charge in [-0.1, -0.05) is 48.5 Å². The van der Waals surface area contributed by atoms with Gasteiger partial charge >= 0.3 is 0 Å². The molecular weight excluding hydrogens is 390 g/mol. The quantitative estimate of drug-likeness (QED) is 0.273. The highest BCUT2D eigenvalue weighted by atomic mass is 32.2. The van der Waals surface area contributed by atoms with Crippen LogP contribution in [0.1, 0.15) is 15.9 Å². The minimum absolute atomic E-state index is 0.181. The highest BCUT2D eigenvalue weighted by molar-refractivity contribution is 7.99. The molecule has 4 aromatic rings. The highest BCUT2D eigenvalue weighted by Gasteiger charge is 2.21. The van der Waals surface area contributed by atoms with E-state index in [0.717, 1.165) is 17.4 Å². The van der Waals surface area contributed by atoms with Gasteiger partial charge in [0, 0.05) is 17.2 Å². The number of tetrazole rings is 1. The van der Waals surface area contributed by atoms with Crippen LogP contribution in [0.5, 0.6) is 0 Å². The van der Waals surface area contributed by atoms with Crippen LogP contribution in [0.4, 0.5) is 5.69 Å². The molecule has 0 unspecified atom stereocenters. The van der Waals surface area contributed by atoms with E-state index in [2.05, 4.69) is 15.5 Å². The summed E-state index contributed by atoms with van der Waals surface area (Å²) in [6, 6.07) is 22.3. The number of benzene rings is 3. The Morgan fingerprint density at radius 3 is 2.31 bits per heavy atom. The lowest BCUT2D eigenvalue weighted by molar-refractivity contribution is -0.387. The zero-order chi connectivity index (χ0) is 20.2. The smallest absolute Gasteiger partial charge is 0.284 e. The average molecular weight is 403 g/mol. The summed E-state index contributed by atoms with van der Waals surface area (Å²) >= 11 is 1.06. The van der Waals surface area contributed by atoms with Gasteiger partial charge in [-0.05, 0) is 46.5 Å². The summed E-state index contributed by atoms with van der Waals surface area (Å²) in [7, 11) is 0. The van der Waals surface area contributed by atoms with Crippen LogP contribution in [-0.4, -0.2) is 30.9 Å². The van der Waals surface area contributed by atoms with Crippen molar-refractivity contribution in [2.24, 2.45) is 0 Å². The van der Waals surface area contributed by atoms with Crippen molar-refractivity contribution < 1.29 is 9.72 Å². The Balaban J connectivity index is 1.68. The van der Waals surface area contributed by atoms with Gasteiger partial charge in [0.15, 0.2) is 5.78 Å². The lowest BCUT2D eigenvalue weighted by atomic mass is 10.0. The second kappa shape index (κ2) is 8.03. The molecule has 8 nitrogen and oxygen atoms in total. The first-order valence-electron chi connectivity index (χ1n) is 8.53. The van der Waals surface area contributed by atoms with Gasteiger partial charge < -0.3 is 0 Å². The molecule has 0 saturated heterocycles. The third-order valence-electron chi connectivity index (χ3n) is 4.10. The second-order valence-corrected chi connectivity index (χ2v) is 6.95. The standard InChI is InChI=1S/C20H13N5O3S/c26-19(14-7-3-1-4-8-14)15-11-12-18(17(13-15)25(27)28)29-20-21-22-23-24(20)16-9-5-2-6-10-16/h1-13H. The fraction of sp³-hybridized carbons (Fsp3) is 0. The van der Waals surface area contributed by atoms with Crippen LogP contribution >= 0.6 is 11.8 Å². The molecule has 0 spiro atoms. The van der Waals surface area contributed by atoms with Gasteiger partial charge in [0.05, 0.1) is 15.5 Å². The second-order valence-electron chi connectivity index (χ2n) is 5.95. The highest BCUT2D eigenvalue weighted by Crippen LogP contribution is 2.35. The molecule has 0 aliphatic heterocycles. The Morgan fingerprint density at radius 2 is 1.62 bits per heavy atom. The van der Waals surface area contributed by atoms with E-state index in [4.69, 9.17) is 0 Å². The van der Waals surface area contributed by atoms with E-state index < -0.39 is 4.92 Å². The molecule has 0 radical (unpaired) electrons. The Bertz CT molecular complexity index is 1180. The van der Waals surface area contributed by atoms with Crippen molar-refractivity contribution in [3.63, 3.8) is 0 Å². The Morgan fingerprint density at radius 1 is 0.931 bits per heavy atom. The molecule has 0 atom stereocenters. The number of rotatable bonds is 6. The number of nitro groups is 1. The van der Waals surface area contributed by atoms with Crippen LogP contribution in [0, 0.1) is 10.1 Å². The molecule has 0 bridgehead atoms. The predicted octanol–water partition coefficient (Wildman–Crippen LogP) is 3.95. The van der Waals surface area contributed by atoms with Crippen molar-refractivity contribution in [3.8, 4) is 5.69 Å². The maximum atomic E-state index is 12.6. The zero-order valence-corrected chi connectivity index (χ0v) is 15.7. The summed E-state index contributed by atoms with van der Waals surface area (Å²) in [5.74, 6) is -0.278. The molecule has 3 aromatic carbocycles. The zero-order valence-electron chi connectivity index (χ0n) is 14.9. The van der Waals surface area contributed by atoms with Crippen LogP contribution in [0.3, 0.4) is 0 Å². The fourth-order valence-electron chi connectivity index (χ4n) is 2.72. The summed E-state index contributed by atoms with van der Waals surface area (Å²) in [5.41, 5.74) is 1.27. The van der Waals surface area contributed by atoms with Crippen molar-refractivity contribution in [2.75, 3.05) is 0 Å². The topological polar surface area (TPSA) is 104 Å². The number of nitro benzene ring substituents is 1. The van der Waals surface area contributed by atoms with E-state index in [-0.39, 0.29) is 17.0 Å². The predicted molar refractivity (Wildman–Crippen MR) is 106 cm³/mol. The molecule has 0 fully saturated rings. The maximum Gasteiger partial charge on any atom is 0.284 e.